The summed E-state index contributed by atoms with van der Waals surface area (Å²) >= 11 is 0. The number of ether oxygens (including phenoxy) is 1. The van der Waals surface area contributed by atoms with Crippen LogP contribution in [0.25, 0.3) is 0 Å². The molecule has 18 heavy (non-hydrogen) atoms. The molecule has 1 atom stereocenters. The predicted molar refractivity (Wildman–Crippen MR) is 72.9 cm³/mol. The maximum Gasteiger partial charge on any atom is 0.304 e. The Kier molecular flexibility index (Phi) is 4.55. The molecule has 0 saturated heterocycles. The van der Waals surface area contributed by atoms with Crippen LogP contribution in [-0.2, 0) is 9.53 Å². The molecule has 96 valence electrons. The van der Waals surface area contributed by atoms with Gasteiger partial charge >= 0.3 is 5.97 Å². The minimum atomic E-state index is -0.485. The number of esters is 1. The zero-order valence-corrected chi connectivity index (χ0v) is 11.7. The fourth-order valence-electron chi connectivity index (χ4n) is 1.46. The molecule has 0 unspecified atom stereocenters. The van der Waals surface area contributed by atoms with Gasteiger partial charge in [-0.25, -0.2) is 0 Å². The summed E-state index contributed by atoms with van der Waals surface area (Å²) in [6, 6.07) is 7.87. The zero-order chi connectivity index (χ0) is 13.8. The number of benzene rings is 1. The van der Waals surface area contributed by atoms with Crippen LogP contribution in [-0.4, -0.2) is 5.97 Å². The van der Waals surface area contributed by atoms with Crippen LogP contribution in [0.4, 0.5) is 0 Å². The highest BCUT2D eigenvalue weighted by Gasteiger charge is 2.13. The molecule has 0 N–H and O–H groups in total. The van der Waals surface area contributed by atoms with Gasteiger partial charge in [-0.05, 0) is 27.7 Å². The van der Waals surface area contributed by atoms with Crippen LogP contribution < -0.4 is 0 Å². The zero-order valence-electron chi connectivity index (χ0n) is 11.7. The van der Waals surface area contributed by atoms with Gasteiger partial charge in [-0.2, -0.15) is 0 Å². The highest BCUT2D eigenvalue weighted by atomic mass is 16.5. The highest BCUT2D eigenvalue weighted by Crippen LogP contribution is 2.19. The van der Waals surface area contributed by atoms with Crippen molar-refractivity contribution in [2.45, 2.75) is 40.7 Å². The Morgan fingerprint density at radius 3 is 2.50 bits per heavy atom. The Morgan fingerprint density at radius 2 is 2.00 bits per heavy atom. The summed E-state index contributed by atoms with van der Waals surface area (Å²) in [5.74, 6) is 5.84. The molecule has 0 amide bonds. The summed E-state index contributed by atoms with van der Waals surface area (Å²) in [4.78, 5) is 11.1. The fraction of sp³-hybridized carbons (Fsp3) is 0.438. The highest BCUT2D eigenvalue weighted by molar-refractivity contribution is 5.66. The van der Waals surface area contributed by atoms with Crippen molar-refractivity contribution in [1.29, 1.82) is 0 Å². The smallest absolute Gasteiger partial charge is 0.304 e. The van der Waals surface area contributed by atoms with Crippen molar-refractivity contribution in [3.63, 3.8) is 0 Å². The Balaban J connectivity index is 3.05. The third-order valence-corrected chi connectivity index (χ3v) is 2.21. The fourth-order valence-corrected chi connectivity index (χ4v) is 1.46. The summed E-state index contributed by atoms with van der Waals surface area (Å²) in [7, 11) is 0. The minimum absolute atomic E-state index is 0.109. The van der Waals surface area contributed by atoms with Gasteiger partial charge in [0, 0.05) is 17.9 Å². The molecule has 1 aromatic carbocycles. The summed E-state index contributed by atoms with van der Waals surface area (Å²) in [5, 5.41) is 0. The minimum Gasteiger partial charge on any atom is -0.444 e. The monoisotopic (exact) mass is 244 g/mol. The molecule has 0 saturated carbocycles. The molecular weight excluding hydrogens is 224 g/mol. The number of carbonyl (C=O) groups is 1. The number of carbonyl (C=O) groups excluding carboxylic acids is 1. The van der Waals surface area contributed by atoms with Crippen molar-refractivity contribution in [2.24, 2.45) is 5.41 Å². The van der Waals surface area contributed by atoms with Crippen molar-refractivity contribution >= 4 is 5.97 Å². The van der Waals surface area contributed by atoms with E-state index in [9.17, 15) is 4.79 Å². The number of aryl methyl sites for hydroxylation is 1. The van der Waals surface area contributed by atoms with E-state index in [0.29, 0.717) is 0 Å². The molecule has 0 bridgehead atoms. The van der Waals surface area contributed by atoms with Gasteiger partial charge in [0.2, 0.25) is 0 Å². The van der Waals surface area contributed by atoms with Crippen molar-refractivity contribution in [1.82, 2.24) is 0 Å². The first-order valence-corrected chi connectivity index (χ1v) is 6.04. The molecule has 0 aliphatic heterocycles. The van der Waals surface area contributed by atoms with Gasteiger partial charge in [0.25, 0.3) is 0 Å². The normalized spacial score (nSPS) is 12.3. The molecule has 0 aliphatic carbocycles. The number of hydrogen-bond acceptors (Lipinski definition) is 2. The average molecular weight is 244 g/mol. The second kappa shape index (κ2) is 5.73. The van der Waals surface area contributed by atoms with Crippen LogP contribution >= 0.6 is 0 Å². The van der Waals surface area contributed by atoms with Crippen molar-refractivity contribution in [3.8, 4) is 11.8 Å². The molecule has 0 aromatic heterocycles. The van der Waals surface area contributed by atoms with Gasteiger partial charge in [0.15, 0.2) is 6.10 Å². The molecule has 2 nitrogen and oxygen atoms in total. The SMILES string of the molecule is CC(=O)O[C@@H](C#CC(C)(C)C)c1cccc(C)c1. The van der Waals surface area contributed by atoms with Gasteiger partial charge in [0.1, 0.15) is 0 Å². The van der Waals surface area contributed by atoms with Crippen LogP contribution in [0, 0.1) is 24.2 Å². The first-order chi connectivity index (χ1) is 8.28. The topological polar surface area (TPSA) is 26.3 Å². The predicted octanol–water partition coefficient (Wildman–Crippen LogP) is 3.65. The van der Waals surface area contributed by atoms with Crippen LogP contribution in [0.1, 0.15) is 44.9 Å². The first-order valence-electron chi connectivity index (χ1n) is 6.04. The van der Waals surface area contributed by atoms with Gasteiger partial charge in [-0.3, -0.25) is 4.79 Å². The van der Waals surface area contributed by atoms with Crippen LogP contribution in [0.15, 0.2) is 24.3 Å². The molecule has 1 rings (SSSR count). The lowest BCUT2D eigenvalue weighted by Gasteiger charge is -2.14. The maximum absolute atomic E-state index is 11.1. The molecule has 0 spiro atoms. The van der Waals surface area contributed by atoms with Crippen LogP contribution in [0.5, 0.6) is 0 Å². The van der Waals surface area contributed by atoms with Crippen LogP contribution in [0.2, 0.25) is 0 Å². The molecule has 0 fully saturated rings. The van der Waals surface area contributed by atoms with E-state index in [1.54, 1.807) is 0 Å². The summed E-state index contributed by atoms with van der Waals surface area (Å²) in [6.07, 6.45) is -0.485. The Hall–Kier alpha value is -1.75. The van der Waals surface area contributed by atoms with E-state index < -0.39 is 6.10 Å². The lowest BCUT2D eigenvalue weighted by Crippen LogP contribution is -2.08. The first kappa shape index (κ1) is 14.3. The molecule has 0 radical (unpaired) electrons. The van der Waals surface area contributed by atoms with Crippen LogP contribution in [0.3, 0.4) is 0 Å². The summed E-state index contributed by atoms with van der Waals surface area (Å²) in [6.45, 7) is 9.50. The van der Waals surface area contributed by atoms with E-state index in [-0.39, 0.29) is 11.4 Å². The molecule has 0 aliphatic rings. The van der Waals surface area contributed by atoms with E-state index in [1.807, 2.05) is 52.0 Å². The quantitative estimate of drug-likeness (QED) is 0.586. The third-order valence-electron chi connectivity index (χ3n) is 2.21. The van der Waals surface area contributed by atoms with Crippen molar-refractivity contribution in [2.75, 3.05) is 0 Å². The lowest BCUT2D eigenvalue weighted by atomic mass is 9.97. The van der Waals surface area contributed by atoms with Crippen molar-refractivity contribution in [3.05, 3.63) is 35.4 Å². The Labute approximate surface area is 109 Å². The number of rotatable bonds is 2. The van der Waals surface area contributed by atoms with E-state index >= 15 is 0 Å². The number of hydrogen-bond donors (Lipinski definition) is 0. The second-order valence-corrected chi connectivity index (χ2v) is 5.42. The molecular formula is C16H20O2. The van der Waals surface area contributed by atoms with E-state index in [0.717, 1.165) is 11.1 Å². The van der Waals surface area contributed by atoms with Crippen molar-refractivity contribution < 1.29 is 9.53 Å². The largest absolute Gasteiger partial charge is 0.444 e. The summed E-state index contributed by atoms with van der Waals surface area (Å²) < 4.78 is 5.27. The third kappa shape index (κ3) is 5.05. The second-order valence-electron chi connectivity index (χ2n) is 5.42. The standard InChI is InChI=1S/C16H20O2/c1-12-7-6-8-14(11-12)15(18-13(2)17)9-10-16(3,4)5/h6-8,11,15H,1-5H3/t15-/m0/s1. The van der Waals surface area contributed by atoms with Gasteiger partial charge in [-0.1, -0.05) is 41.7 Å². The van der Waals surface area contributed by atoms with E-state index in [2.05, 4.69) is 11.8 Å². The maximum atomic E-state index is 11.1. The average Bonchev–Trinajstić information content (AvgIpc) is 2.22. The lowest BCUT2D eigenvalue weighted by molar-refractivity contribution is -0.144. The molecule has 2 heteroatoms. The summed E-state index contributed by atoms with van der Waals surface area (Å²) in [5.41, 5.74) is 1.94. The Bertz CT molecular complexity index is 484. The molecule has 1 aromatic rings. The van der Waals surface area contributed by atoms with E-state index in [4.69, 9.17) is 4.74 Å². The van der Waals surface area contributed by atoms with E-state index in [1.165, 1.54) is 6.92 Å². The Morgan fingerprint density at radius 1 is 1.33 bits per heavy atom. The van der Waals surface area contributed by atoms with Gasteiger partial charge in [-0.15, -0.1) is 0 Å². The van der Waals surface area contributed by atoms with Gasteiger partial charge in [0.05, 0.1) is 0 Å². The molecule has 0 heterocycles. The van der Waals surface area contributed by atoms with Gasteiger partial charge < -0.3 is 4.74 Å².